The van der Waals surface area contributed by atoms with Gasteiger partial charge in [-0.25, -0.2) is 5.01 Å². The van der Waals surface area contributed by atoms with Crippen molar-refractivity contribution in [2.75, 3.05) is 0 Å². The number of aromatic amines is 1. The summed E-state index contributed by atoms with van der Waals surface area (Å²) >= 11 is 0. The molecular formula is C28H21N3O4. The molecule has 0 bridgehead atoms. The normalized spacial score (nSPS) is 15.5. The summed E-state index contributed by atoms with van der Waals surface area (Å²) in [6.07, 6.45) is 3.32. The molecule has 4 heterocycles. The second kappa shape index (κ2) is 8.29. The number of nitrogens with one attached hydrogen (secondary N) is 1. The third-order valence-corrected chi connectivity index (χ3v) is 6.24. The lowest BCUT2D eigenvalue weighted by Crippen LogP contribution is -2.26. The molecule has 0 saturated carbocycles. The smallest absolute Gasteiger partial charge is 0.310 e. The van der Waals surface area contributed by atoms with Gasteiger partial charge in [-0.05, 0) is 48.4 Å². The highest BCUT2D eigenvalue weighted by molar-refractivity contribution is 6.13. The summed E-state index contributed by atoms with van der Waals surface area (Å²) < 4.78 is 11.0. The van der Waals surface area contributed by atoms with Crippen LogP contribution in [-0.4, -0.2) is 21.6 Å². The average Bonchev–Trinajstić information content (AvgIpc) is 3.65. The van der Waals surface area contributed by atoms with Crippen molar-refractivity contribution in [3.8, 4) is 11.1 Å². The average molecular weight is 463 g/mol. The molecule has 2 aromatic carbocycles. The van der Waals surface area contributed by atoms with Gasteiger partial charge in [0.2, 0.25) is 0 Å². The molecule has 1 amide bonds. The van der Waals surface area contributed by atoms with E-state index >= 15 is 0 Å². The molecule has 0 radical (unpaired) electrons. The van der Waals surface area contributed by atoms with E-state index < -0.39 is 11.9 Å². The van der Waals surface area contributed by atoms with Crippen LogP contribution in [0, 0.1) is 6.92 Å². The third kappa shape index (κ3) is 3.58. The number of aromatic nitrogens is 1. The molecule has 7 nitrogen and oxygen atoms in total. The summed E-state index contributed by atoms with van der Waals surface area (Å²) in [4.78, 5) is 29.8. The predicted molar refractivity (Wildman–Crippen MR) is 132 cm³/mol. The van der Waals surface area contributed by atoms with Gasteiger partial charge in [0, 0.05) is 22.9 Å². The molecule has 0 saturated heterocycles. The molecule has 1 aliphatic heterocycles. The topological polar surface area (TPSA) is 91.8 Å². The molecule has 0 fully saturated rings. The second-order valence-electron chi connectivity index (χ2n) is 8.53. The van der Waals surface area contributed by atoms with Crippen LogP contribution in [0.2, 0.25) is 0 Å². The number of aryl methyl sites for hydroxylation is 1. The summed E-state index contributed by atoms with van der Waals surface area (Å²) in [6, 6.07) is 22.1. The van der Waals surface area contributed by atoms with Crippen LogP contribution in [0.25, 0.3) is 22.0 Å². The van der Waals surface area contributed by atoms with E-state index in [0.717, 1.165) is 27.6 Å². The Balaban J connectivity index is 1.57. The minimum absolute atomic E-state index is 0.165. The number of hydrogen-bond donors (Lipinski definition) is 1. The van der Waals surface area contributed by atoms with Crippen LogP contribution < -0.4 is 5.56 Å². The number of furan rings is 2. The van der Waals surface area contributed by atoms with Crippen LogP contribution in [0.3, 0.4) is 0 Å². The monoisotopic (exact) mass is 463 g/mol. The number of nitrogens with zero attached hydrogens (tertiary/aromatic N) is 2. The molecule has 7 heteroatoms. The van der Waals surface area contributed by atoms with Crippen LogP contribution in [0.1, 0.15) is 39.9 Å². The van der Waals surface area contributed by atoms with E-state index in [1.165, 1.54) is 11.3 Å². The number of hydrogen-bond acceptors (Lipinski definition) is 5. The van der Waals surface area contributed by atoms with Crippen LogP contribution in [-0.2, 0) is 0 Å². The van der Waals surface area contributed by atoms with Crippen LogP contribution >= 0.6 is 0 Å². The molecule has 172 valence electrons. The minimum Gasteiger partial charge on any atom is -0.467 e. The highest BCUT2D eigenvalue weighted by Gasteiger charge is 2.38. The van der Waals surface area contributed by atoms with Gasteiger partial charge < -0.3 is 13.8 Å². The highest BCUT2D eigenvalue weighted by Crippen LogP contribution is 2.37. The number of carbonyl (C=O) groups is 1. The molecule has 6 rings (SSSR count). The zero-order valence-corrected chi connectivity index (χ0v) is 18.9. The lowest BCUT2D eigenvalue weighted by molar-refractivity contribution is 0.0660. The Morgan fingerprint density at radius 2 is 1.77 bits per heavy atom. The third-order valence-electron chi connectivity index (χ3n) is 6.24. The SMILES string of the molecule is Cc1ccc2c(-c3ccccc3)c(C3=NN(C(=O)c4ccco4)C(c4ccco4)C3)c(=O)[nH]c2c1. The number of pyridine rings is 1. The fourth-order valence-corrected chi connectivity index (χ4v) is 4.66. The van der Waals surface area contributed by atoms with E-state index in [1.54, 1.807) is 30.5 Å². The number of H-pyrrole nitrogens is 1. The molecule has 1 N–H and O–H groups in total. The van der Waals surface area contributed by atoms with E-state index in [9.17, 15) is 9.59 Å². The molecule has 1 unspecified atom stereocenters. The van der Waals surface area contributed by atoms with Gasteiger partial charge >= 0.3 is 5.91 Å². The summed E-state index contributed by atoms with van der Waals surface area (Å²) in [7, 11) is 0. The van der Waals surface area contributed by atoms with E-state index in [4.69, 9.17) is 8.83 Å². The van der Waals surface area contributed by atoms with Crippen molar-refractivity contribution in [1.82, 2.24) is 9.99 Å². The van der Waals surface area contributed by atoms with E-state index in [2.05, 4.69) is 10.1 Å². The van der Waals surface area contributed by atoms with Crippen molar-refractivity contribution >= 4 is 22.5 Å². The van der Waals surface area contributed by atoms with Gasteiger partial charge in [0.1, 0.15) is 11.8 Å². The zero-order valence-electron chi connectivity index (χ0n) is 18.9. The van der Waals surface area contributed by atoms with Crippen molar-refractivity contribution in [3.63, 3.8) is 0 Å². The van der Waals surface area contributed by atoms with Gasteiger partial charge in [0.05, 0.1) is 23.8 Å². The Labute approximate surface area is 200 Å². The number of amides is 1. The summed E-state index contributed by atoms with van der Waals surface area (Å²) in [5.41, 5.74) is 4.18. The molecule has 1 aliphatic rings. The number of benzene rings is 2. The molecule has 0 aliphatic carbocycles. The van der Waals surface area contributed by atoms with Crippen molar-refractivity contribution in [1.29, 1.82) is 0 Å². The molecule has 5 aromatic rings. The maximum atomic E-state index is 13.5. The van der Waals surface area contributed by atoms with E-state index in [0.29, 0.717) is 23.5 Å². The molecule has 3 aromatic heterocycles. The van der Waals surface area contributed by atoms with Gasteiger partial charge in [-0.3, -0.25) is 9.59 Å². The Morgan fingerprint density at radius 1 is 0.971 bits per heavy atom. The minimum atomic E-state index is -0.505. The number of fused-ring (bicyclic) bond motifs is 1. The van der Waals surface area contributed by atoms with Crippen LogP contribution in [0.4, 0.5) is 0 Å². The first-order valence-electron chi connectivity index (χ1n) is 11.3. The Kier molecular flexibility index (Phi) is 4.95. The summed E-state index contributed by atoms with van der Waals surface area (Å²) in [6.45, 7) is 1.99. The predicted octanol–water partition coefficient (Wildman–Crippen LogP) is 5.68. The fourth-order valence-electron chi connectivity index (χ4n) is 4.66. The maximum absolute atomic E-state index is 13.5. The van der Waals surface area contributed by atoms with E-state index in [-0.39, 0.29) is 11.3 Å². The highest BCUT2D eigenvalue weighted by atomic mass is 16.3. The lowest BCUT2D eigenvalue weighted by atomic mass is 9.91. The standard InChI is InChI=1S/C28H21N3O4/c1-17-11-12-19-20(15-17)29-27(32)26(25(19)18-7-3-2-4-8-18)21-16-22(23-9-5-13-34-23)31(30-21)28(33)24-10-6-14-35-24/h2-15,22H,16H2,1H3,(H,29,32). The Hall–Kier alpha value is -4.65. The van der Waals surface area contributed by atoms with Gasteiger partial charge in [-0.2, -0.15) is 5.10 Å². The fraction of sp³-hybridized carbons (Fsp3) is 0.107. The maximum Gasteiger partial charge on any atom is 0.310 e. The van der Waals surface area contributed by atoms with Crippen molar-refractivity contribution in [3.05, 3.63) is 118 Å². The molecule has 0 spiro atoms. The number of rotatable bonds is 4. The number of hydrazone groups is 1. The van der Waals surface area contributed by atoms with Gasteiger partial charge in [0.15, 0.2) is 5.76 Å². The molecular weight excluding hydrogens is 442 g/mol. The summed E-state index contributed by atoms with van der Waals surface area (Å²) in [5.74, 6) is 0.344. The lowest BCUT2D eigenvalue weighted by Gasteiger charge is -2.18. The second-order valence-corrected chi connectivity index (χ2v) is 8.53. The van der Waals surface area contributed by atoms with E-state index in [1.807, 2.05) is 55.5 Å². The van der Waals surface area contributed by atoms with Crippen LogP contribution in [0.5, 0.6) is 0 Å². The van der Waals surface area contributed by atoms with Crippen LogP contribution in [0.15, 0.2) is 104 Å². The van der Waals surface area contributed by atoms with Gasteiger partial charge in [0.25, 0.3) is 5.56 Å². The van der Waals surface area contributed by atoms with Crippen molar-refractivity contribution in [2.45, 2.75) is 19.4 Å². The molecule has 35 heavy (non-hydrogen) atoms. The quantitative estimate of drug-likeness (QED) is 0.371. The van der Waals surface area contributed by atoms with Crippen molar-refractivity contribution < 1.29 is 13.6 Å². The first kappa shape index (κ1) is 20.9. The largest absolute Gasteiger partial charge is 0.467 e. The van der Waals surface area contributed by atoms with Gasteiger partial charge in [-0.15, -0.1) is 0 Å². The first-order chi connectivity index (χ1) is 17.1. The van der Waals surface area contributed by atoms with Crippen molar-refractivity contribution in [2.24, 2.45) is 5.10 Å². The Morgan fingerprint density at radius 3 is 2.51 bits per heavy atom. The van der Waals surface area contributed by atoms with Gasteiger partial charge in [-0.1, -0.05) is 42.5 Å². The number of carbonyl (C=O) groups excluding carboxylic acids is 1. The zero-order chi connectivity index (χ0) is 23.9. The Bertz CT molecular complexity index is 1610. The molecule has 1 atom stereocenters. The first-order valence-corrected chi connectivity index (χ1v) is 11.3. The summed E-state index contributed by atoms with van der Waals surface area (Å²) in [5, 5.41) is 6.94.